The first-order valence-corrected chi connectivity index (χ1v) is 15.3. The molecule has 0 spiro atoms. The van der Waals surface area contributed by atoms with Gasteiger partial charge in [0, 0.05) is 23.0 Å². The third kappa shape index (κ3) is 9.36. The molecule has 9 nitrogen and oxygen atoms in total. The lowest BCUT2D eigenvalue weighted by Gasteiger charge is -2.29. The number of aliphatic hydroxyl groups is 1. The fourth-order valence-corrected chi connectivity index (χ4v) is 5.99. The van der Waals surface area contributed by atoms with Gasteiger partial charge in [0.05, 0.1) is 19.2 Å². The van der Waals surface area contributed by atoms with Gasteiger partial charge in [-0.25, -0.2) is 4.79 Å². The number of nitrogens with one attached hydrogen (secondary N) is 2. The summed E-state index contributed by atoms with van der Waals surface area (Å²) in [5, 5.41) is 16.3. The lowest BCUT2D eigenvalue weighted by molar-refractivity contribution is -0.136. The van der Waals surface area contributed by atoms with Gasteiger partial charge in [-0.15, -0.1) is 0 Å². The molecule has 42 heavy (non-hydrogen) atoms. The smallest absolute Gasteiger partial charge is 0.408 e. The van der Waals surface area contributed by atoms with Gasteiger partial charge in [0.2, 0.25) is 11.8 Å². The number of amides is 3. The highest BCUT2D eigenvalue weighted by molar-refractivity contribution is 6.30. The molecule has 1 unspecified atom stereocenters. The van der Waals surface area contributed by atoms with E-state index in [2.05, 4.69) is 10.6 Å². The van der Waals surface area contributed by atoms with E-state index in [0.717, 1.165) is 42.6 Å². The Morgan fingerprint density at radius 3 is 2.64 bits per heavy atom. The molecule has 1 fully saturated rings. The normalized spacial score (nSPS) is 17.5. The van der Waals surface area contributed by atoms with Gasteiger partial charge in [0.15, 0.2) is 0 Å². The number of carbonyl (C=O) groups excluding carboxylic acids is 3. The molecule has 2 aliphatic rings. The summed E-state index contributed by atoms with van der Waals surface area (Å²) in [5.41, 5.74) is 1.69. The van der Waals surface area contributed by atoms with Gasteiger partial charge in [0.25, 0.3) is 0 Å². The van der Waals surface area contributed by atoms with Crippen LogP contribution in [0.2, 0.25) is 5.02 Å². The van der Waals surface area contributed by atoms with Crippen LogP contribution in [-0.4, -0.2) is 59.8 Å². The number of ether oxygens (including phenoxy) is 2. The minimum absolute atomic E-state index is 0.0229. The Balaban J connectivity index is 1.34. The van der Waals surface area contributed by atoms with Crippen LogP contribution in [0, 0.1) is 11.8 Å². The molecule has 3 atom stereocenters. The predicted molar refractivity (Wildman–Crippen MR) is 160 cm³/mol. The summed E-state index contributed by atoms with van der Waals surface area (Å²) in [5.74, 6) is 0.188. The number of rotatable bonds is 11. The van der Waals surface area contributed by atoms with Crippen LogP contribution < -0.4 is 15.4 Å². The number of halogens is 1. The first-order chi connectivity index (χ1) is 20.3. The minimum atomic E-state index is -0.820. The molecule has 1 aliphatic heterocycles. The second-order valence-electron chi connectivity index (χ2n) is 11.4. The van der Waals surface area contributed by atoms with Gasteiger partial charge in [-0.1, -0.05) is 81.0 Å². The van der Waals surface area contributed by atoms with Crippen LogP contribution in [-0.2, 0) is 27.5 Å². The summed E-state index contributed by atoms with van der Waals surface area (Å²) in [6.45, 7) is 2.80. The molecule has 3 amide bonds. The Morgan fingerprint density at radius 1 is 1.10 bits per heavy atom. The highest BCUT2D eigenvalue weighted by Gasteiger charge is 2.30. The van der Waals surface area contributed by atoms with Gasteiger partial charge < -0.3 is 30.1 Å². The Bertz CT molecular complexity index is 1200. The molecule has 4 rings (SSSR count). The van der Waals surface area contributed by atoms with E-state index >= 15 is 0 Å². The standard InChI is InChI=1S/C32H42ClN3O6/c1-22(31(39)36-14-15-41-29-13-6-5-11-25(29)19-36)16-27(20-37)34-30(38)28(18-23-8-3-2-4-9-23)35-32(40)42-21-24-10-7-12-26(33)17-24/h5-7,10-13,17,22-23,27-28,37H,2-4,8-9,14-16,18-21H2,1H3,(H,34,38)(H,35,40)/t22?,27-,28-/m0/s1. The summed E-state index contributed by atoms with van der Waals surface area (Å²) < 4.78 is 11.2. The molecule has 228 valence electrons. The van der Waals surface area contributed by atoms with Crippen LogP contribution >= 0.6 is 11.6 Å². The number of hydrogen-bond acceptors (Lipinski definition) is 6. The summed E-state index contributed by atoms with van der Waals surface area (Å²) in [7, 11) is 0. The molecule has 1 heterocycles. The second kappa shape index (κ2) is 15.8. The fraction of sp³-hybridized carbons (Fsp3) is 0.531. The first kappa shape index (κ1) is 31.6. The quantitative estimate of drug-likeness (QED) is 0.341. The summed E-state index contributed by atoms with van der Waals surface area (Å²) in [6.07, 6.45) is 5.43. The molecule has 3 N–H and O–H groups in total. The molecule has 10 heteroatoms. The van der Waals surface area contributed by atoms with E-state index < -0.39 is 30.0 Å². The van der Waals surface area contributed by atoms with Crippen molar-refractivity contribution in [1.82, 2.24) is 15.5 Å². The predicted octanol–water partition coefficient (Wildman–Crippen LogP) is 4.83. The average Bonchev–Trinajstić information content (AvgIpc) is 3.22. The number of alkyl carbamates (subject to hydrolysis) is 1. The third-order valence-corrected chi connectivity index (χ3v) is 8.29. The molecule has 0 bridgehead atoms. The monoisotopic (exact) mass is 599 g/mol. The number of benzene rings is 2. The average molecular weight is 600 g/mol. The van der Waals surface area contributed by atoms with Crippen LogP contribution in [0.4, 0.5) is 4.79 Å². The van der Waals surface area contributed by atoms with E-state index in [9.17, 15) is 19.5 Å². The largest absolute Gasteiger partial charge is 0.491 e. The maximum Gasteiger partial charge on any atom is 0.408 e. The number of aliphatic hydroxyl groups excluding tert-OH is 1. The number of nitrogens with zero attached hydrogens (tertiary/aromatic N) is 1. The van der Waals surface area contributed by atoms with Gasteiger partial charge >= 0.3 is 6.09 Å². The molecule has 2 aromatic rings. The first-order valence-electron chi connectivity index (χ1n) is 14.9. The molecule has 1 saturated carbocycles. The third-order valence-electron chi connectivity index (χ3n) is 8.05. The van der Waals surface area contributed by atoms with Crippen molar-refractivity contribution in [3.8, 4) is 5.75 Å². The van der Waals surface area contributed by atoms with Crippen molar-refractivity contribution in [1.29, 1.82) is 0 Å². The molecular formula is C32H42ClN3O6. The van der Waals surface area contributed by atoms with Crippen LogP contribution in [0.15, 0.2) is 48.5 Å². The SMILES string of the molecule is CC(C[C@@H](CO)NC(=O)[C@H](CC1CCCCC1)NC(=O)OCc1cccc(Cl)c1)C(=O)N1CCOc2ccccc2C1. The van der Waals surface area contributed by atoms with Crippen molar-refractivity contribution in [2.75, 3.05) is 19.8 Å². The van der Waals surface area contributed by atoms with Crippen molar-refractivity contribution in [3.05, 3.63) is 64.7 Å². The van der Waals surface area contributed by atoms with E-state index in [0.29, 0.717) is 37.1 Å². The lowest BCUT2D eigenvalue weighted by Crippen LogP contribution is -2.52. The van der Waals surface area contributed by atoms with E-state index in [1.807, 2.05) is 24.3 Å². The molecule has 2 aromatic carbocycles. The van der Waals surface area contributed by atoms with Crippen LogP contribution in [0.1, 0.15) is 63.0 Å². The van der Waals surface area contributed by atoms with E-state index in [-0.39, 0.29) is 25.5 Å². The zero-order valence-electron chi connectivity index (χ0n) is 24.2. The Labute approximate surface area is 252 Å². The van der Waals surface area contributed by atoms with Crippen LogP contribution in [0.3, 0.4) is 0 Å². The summed E-state index contributed by atoms with van der Waals surface area (Å²) >= 11 is 6.02. The van der Waals surface area contributed by atoms with E-state index in [1.165, 1.54) is 6.42 Å². The Kier molecular flexibility index (Phi) is 11.9. The van der Waals surface area contributed by atoms with Gasteiger partial charge in [-0.2, -0.15) is 0 Å². The van der Waals surface area contributed by atoms with Crippen molar-refractivity contribution >= 4 is 29.5 Å². The maximum absolute atomic E-state index is 13.5. The van der Waals surface area contributed by atoms with Crippen molar-refractivity contribution in [3.63, 3.8) is 0 Å². The van der Waals surface area contributed by atoms with Gasteiger partial charge in [-0.3, -0.25) is 9.59 Å². The Hall–Kier alpha value is -3.30. The maximum atomic E-state index is 13.5. The number of hydrogen-bond donors (Lipinski definition) is 3. The number of carbonyl (C=O) groups is 3. The van der Waals surface area contributed by atoms with Gasteiger partial charge in [-0.05, 0) is 42.5 Å². The molecule has 0 saturated heterocycles. The highest BCUT2D eigenvalue weighted by Crippen LogP contribution is 2.28. The summed E-state index contributed by atoms with van der Waals surface area (Å²) in [4.78, 5) is 41.3. The van der Waals surface area contributed by atoms with Crippen molar-refractivity contribution < 1.29 is 29.0 Å². The van der Waals surface area contributed by atoms with Gasteiger partial charge in [0.1, 0.15) is 25.0 Å². The molecule has 1 aliphatic carbocycles. The number of para-hydroxylation sites is 1. The number of fused-ring (bicyclic) bond motifs is 1. The summed E-state index contributed by atoms with van der Waals surface area (Å²) in [6, 6.07) is 13.2. The van der Waals surface area contributed by atoms with Crippen molar-refractivity contribution in [2.24, 2.45) is 11.8 Å². The van der Waals surface area contributed by atoms with Crippen molar-refractivity contribution in [2.45, 2.75) is 77.1 Å². The molecule has 0 radical (unpaired) electrons. The second-order valence-corrected chi connectivity index (χ2v) is 11.8. The topological polar surface area (TPSA) is 117 Å². The fourth-order valence-electron chi connectivity index (χ4n) is 5.78. The van der Waals surface area contributed by atoms with Crippen LogP contribution in [0.5, 0.6) is 5.75 Å². The zero-order valence-corrected chi connectivity index (χ0v) is 25.0. The molecule has 0 aromatic heterocycles. The Morgan fingerprint density at radius 2 is 1.88 bits per heavy atom. The highest BCUT2D eigenvalue weighted by atomic mass is 35.5. The van der Waals surface area contributed by atoms with E-state index in [4.69, 9.17) is 21.1 Å². The zero-order chi connectivity index (χ0) is 29.9. The molecular weight excluding hydrogens is 558 g/mol. The minimum Gasteiger partial charge on any atom is -0.491 e. The lowest BCUT2D eigenvalue weighted by atomic mass is 9.84. The van der Waals surface area contributed by atoms with Crippen LogP contribution in [0.25, 0.3) is 0 Å². The van der Waals surface area contributed by atoms with E-state index in [1.54, 1.807) is 36.1 Å².